The highest BCUT2D eigenvalue weighted by atomic mass is 16.7. The molecule has 0 heterocycles. The van der Waals surface area contributed by atoms with Crippen LogP contribution < -0.4 is 14.2 Å². The zero-order valence-electron chi connectivity index (χ0n) is 17.4. The number of carbonyl (C=O) groups is 1. The lowest BCUT2D eigenvalue weighted by Crippen LogP contribution is -2.13. The minimum absolute atomic E-state index is 0.0597. The van der Waals surface area contributed by atoms with Crippen molar-refractivity contribution in [3.63, 3.8) is 0 Å². The monoisotopic (exact) mass is 382 g/mol. The van der Waals surface area contributed by atoms with E-state index in [1.54, 1.807) is 0 Å². The van der Waals surface area contributed by atoms with E-state index < -0.39 is 6.16 Å². The van der Waals surface area contributed by atoms with Crippen LogP contribution in [0.2, 0.25) is 0 Å². The summed E-state index contributed by atoms with van der Waals surface area (Å²) in [7, 11) is 0. The van der Waals surface area contributed by atoms with Gasteiger partial charge in [-0.05, 0) is 24.7 Å². The zero-order valence-corrected chi connectivity index (χ0v) is 17.4. The predicted octanol–water partition coefficient (Wildman–Crippen LogP) is 6.05. The maximum atomic E-state index is 11.2. The molecule has 0 amide bonds. The van der Waals surface area contributed by atoms with Gasteiger partial charge in [0.1, 0.15) is 0 Å². The van der Waals surface area contributed by atoms with Crippen LogP contribution >= 0.6 is 0 Å². The van der Waals surface area contributed by atoms with Crippen LogP contribution in [0.25, 0.3) is 0 Å². The topological polar surface area (TPSA) is 85.2 Å². The van der Waals surface area contributed by atoms with Gasteiger partial charge in [-0.2, -0.15) is 0 Å². The van der Waals surface area contributed by atoms with Crippen molar-refractivity contribution in [1.29, 1.82) is 0 Å². The van der Waals surface area contributed by atoms with Crippen molar-refractivity contribution in [2.75, 3.05) is 13.2 Å². The fourth-order valence-corrected chi connectivity index (χ4v) is 2.88. The minimum atomic E-state index is -1.47. The molecule has 1 rings (SSSR count). The highest BCUT2D eigenvalue weighted by Gasteiger charge is 2.31. The van der Waals surface area contributed by atoms with Crippen molar-refractivity contribution in [3.05, 3.63) is 11.1 Å². The molecule has 0 aromatic heterocycles. The summed E-state index contributed by atoms with van der Waals surface area (Å²) in [4.78, 5) is 11.2. The summed E-state index contributed by atoms with van der Waals surface area (Å²) in [5.41, 5.74) is 1.03. The Balaban J connectivity index is 3.69. The Hall–Kier alpha value is -2.11. The largest absolute Gasteiger partial charge is 0.511 e. The van der Waals surface area contributed by atoms with Gasteiger partial charge in [0.15, 0.2) is 23.0 Å². The first-order valence-electron chi connectivity index (χ1n) is 9.85. The zero-order chi connectivity index (χ0) is 20.6. The molecule has 6 nitrogen and oxygen atoms in total. The van der Waals surface area contributed by atoms with Crippen LogP contribution in [0.3, 0.4) is 0 Å². The van der Waals surface area contributed by atoms with Crippen molar-refractivity contribution in [3.8, 4) is 23.0 Å². The van der Waals surface area contributed by atoms with Gasteiger partial charge in [-0.1, -0.05) is 54.4 Å². The third-order valence-electron chi connectivity index (χ3n) is 4.24. The smallest absolute Gasteiger partial charge is 0.504 e. The number of hydrogen-bond donors (Lipinski definition) is 2. The van der Waals surface area contributed by atoms with E-state index in [-0.39, 0.29) is 23.3 Å². The molecule has 1 aromatic carbocycles. The second-order valence-corrected chi connectivity index (χ2v) is 7.24. The molecule has 0 aliphatic rings. The van der Waals surface area contributed by atoms with Gasteiger partial charge < -0.3 is 24.4 Å². The summed E-state index contributed by atoms with van der Waals surface area (Å²) in [6.45, 7) is 12.8. The first-order chi connectivity index (χ1) is 12.8. The van der Waals surface area contributed by atoms with Gasteiger partial charge >= 0.3 is 6.16 Å². The molecule has 27 heavy (non-hydrogen) atoms. The van der Waals surface area contributed by atoms with Crippen molar-refractivity contribution < 1.29 is 29.2 Å². The number of unbranched alkanes of at least 4 members (excludes halogenated alkanes) is 2. The maximum Gasteiger partial charge on any atom is 0.511 e. The van der Waals surface area contributed by atoms with Crippen molar-refractivity contribution >= 4 is 6.16 Å². The fraction of sp³-hybridized carbons (Fsp3) is 0.667. The lowest BCUT2D eigenvalue weighted by Gasteiger charge is -2.26. The van der Waals surface area contributed by atoms with E-state index in [2.05, 4.69) is 13.8 Å². The molecule has 0 unspecified atom stereocenters. The molecule has 1 aromatic rings. The summed E-state index contributed by atoms with van der Waals surface area (Å²) in [6.07, 6.45) is 2.21. The van der Waals surface area contributed by atoms with Crippen molar-refractivity contribution in [1.82, 2.24) is 0 Å². The quantitative estimate of drug-likeness (QED) is 0.275. The Kier molecular flexibility index (Phi) is 9.26. The second kappa shape index (κ2) is 10.9. The molecular formula is C21H34O6. The number of benzene rings is 1. The molecular weight excluding hydrogens is 348 g/mol. The van der Waals surface area contributed by atoms with Gasteiger partial charge in [0, 0.05) is 11.1 Å². The van der Waals surface area contributed by atoms with Crippen LogP contribution in [-0.4, -0.2) is 29.6 Å². The number of rotatable bonds is 11. The van der Waals surface area contributed by atoms with E-state index in [9.17, 15) is 9.90 Å². The van der Waals surface area contributed by atoms with E-state index >= 15 is 0 Å². The first kappa shape index (κ1) is 22.9. The lowest BCUT2D eigenvalue weighted by molar-refractivity contribution is 0.141. The maximum absolute atomic E-state index is 11.2. The number of carboxylic acid groups (broad SMARTS) is 1. The molecule has 0 spiro atoms. The van der Waals surface area contributed by atoms with Gasteiger partial charge in [0.2, 0.25) is 0 Å². The van der Waals surface area contributed by atoms with Crippen LogP contribution in [0.5, 0.6) is 23.0 Å². The summed E-state index contributed by atoms with van der Waals surface area (Å²) in [5, 5.41) is 20.0. The van der Waals surface area contributed by atoms with Crippen LogP contribution in [0, 0.1) is 0 Å². The molecule has 6 heteroatoms. The standard InChI is InChI=1S/C21H34O6/c1-7-9-11-25-19-15(13(3)4)17(22)18(27-21(23)24)16(14(5)6)20(19)26-12-10-8-2/h13-14,22H,7-12H2,1-6H3,(H,23,24). The first-order valence-corrected chi connectivity index (χ1v) is 9.85. The number of hydrogen-bond acceptors (Lipinski definition) is 5. The predicted molar refractivity (Wildman–Crippen MR) is 106 cm³/mol. The molecule has 0 radical (unpaired) electrons. The molecule has 0 saturated heterocycles. The van der Waals surface area contributed by atoms with Crippen molar-refractivity contribution in [2.45, 2.75) is 79.1 Å². The van der Waals surface area contributed by atoms with E-state index in [1.165, 1.54) is 0 Å². The normalized spacial score (nSPS) is 11.1. The van der Waals surface area contributed by atoms with Gasteiger partial charge in [-0.3, -0.25) is 0 Å². The second-order valence-electron chi connectivity index (χ2n) is 7.24. The van der Waals surface area contributed by atoms with Crippen LogP contribution in [0.15, 0.2) is 0 Å². The summed E-state index contributed by atoms with van der Waals surface area (Å²) < 4.78 is 17.1. The number of phenolic OH excluding ortho intramolecular Hbond substituents is 1. The third kappa shape index (κ3) is 5.94. The van der Waals surface area contributed by atoms with Gasteiger partial charge in [-0.25, -0.2) is 4.79 Å². The van der Waals surface area contributed by atoms with E-state index in [0.29, 0.717) is 35.8 Å². The van der Waals surface area contributed by atoms with E-state index in [1.807, 2.05) is 27.7 Å². The van der Waals surface area contributed by atoms with Crippen LogP contribution in [-0.2, 0) is 0 Å². The average molecular weight is 382 g/mol. The SMILES string of the molecule is CCCCOc1c(OCCCC)c(C(C)C)c(OC(=O)O)c(O)c1C(C)C. The van der Waals surface area contributed by atoms with Gasteiger partial charge in [-0.15, -0.1) is 0 Å². The molecule has 0 atom stereocenters. The molecule has 154 valence electrons. The van der Waals surface area contributed by atoms with Crippen LogP contribution in [0.4, 0.5) is 4.79 Å². The Morgan fingerprint density at radius 1 is 0.852 bits per heavy atom. The van der Waals surface area contributed by atoms with E-state index in [4.69, 9.17) is 19.3 Å². The Morgan fingerprint density at radius 2 is 1.30 bits per heavy atom. The molecule has 2 N–H and O–H groups in total. The third-order valence-corrected chi connectivity index (χ3v) is 4.24. The summed E-state index contributed by atoms with van der Waals surface area (Å²) in [6, 6.07) is 0. The van der Waals surface area contributed by atoms with E-state index in [0.717, 1.165) is 25.7 Å². The lowest BCUT2D eigenvalue weighted by atomic mass is 9.92. The fourth-order valence-electron chi connectivity index (χ4n) is 2.88. The Labute approximate surface area is 162 Å². The average Bonchev–Trinajstić information content (AvgIpc) is 2.57. The highest BCUT2D eigenvalue weighted by molar-refractivity contribution is 5.72. The van der Waals surface area contributed by atoms with Gasteiger partial charge in [0.25, 0.3) is 0 Å². The molecule has 0 fully saturated rings. The minimum Gasteiger partial charge on any atom is -0.504 e. The molecule has 0 saturated carbocycles. The number of ether oxygens (including phenoxy) is 3. The Bertz CT molecular complexity index is 622. The molecule has 0 aliphatic carbocycles. The van der Waals surface area contributed by atoms with Gasteiger partial charge in [0.05, 0.1) is 13.2 Å². The number of phenols is 1. The molecule has 0 bridgehead atoms. The Morgan fingerprint density at radius 3 is 1.67 bits per heavy atom. The number of aromatic hydroxyl groups is 1. The van der Waals surface area contributed by atoms with Crippen LogP contribution in [0.1, 0.15) is 90.2 Å². The highest BCUT2D eigenvalue weighted by Crippen LogP contribution is 2.53. The molecule has 0 aliphatic heterocycles. The summed E-state index contributed by atoms with van der Waals surface area (Å²) >= 11 is 0. The summed E-state index contributed by atoms with van der Waals surface area (Å²) in [5.74, 6) is 0.492. The van der Waals surface area contributed by atoms with Crippen molar-refractivity contribution in [2.24, 2.45) is 0 Å².